The summed E-state index contributed by atoms with van der Waals surface area (Å²) in [6, 6.07) is 13.6. The molecular weight excluding hydrogens is 360 g/mol. The summed E-state index contributed by atoms with van der Waals surface area (Å²) in [4.78, 5) is 26.0. The van der Waals surface area contributed by atoms with Crippen LogP contribution in [0.1, 0.15) is 37.0 Å². The number of nitrogens with zero attached hydrogens (tertiary/aromatic N) is 1. The highest BCUT2D eigenvalue weighted by molar-refractivity contribution is 6.30. The van der Waals surface area contributed by atoms with Crippen molar-refractivity contribution in [3.8, 4) is 0 Å². The fourth-order valence-corrected chi connectivity index (χ4v) is 3.11. The van der Waals surface area contributed by atoms with Crippen molar-refractivity contribution in [2.45, 2.75) is 40.0 Å². The molecule has 0 atom stereocenters. The van der Waals surface area contributed by atoms with Crippen molar-refractivity contribution in [2.75, 3.05) is 18.4 Å². The molecule has 1 N–H and O–H groups in total. The normalized spacial score (nSPS) is 10.5. The van der Waals surface area contributed by atoms with Crippen molar-refractivity contribution >= 4 is 29.1 Å². The van der Waals surface area contributed by atoms with E-state index in [1.165, 1.54) is 6.92 Å². The number of carbonyl (C=O) groups is 2. The molecule has 4 nitrogen and oxygen atoms in total. The van der Waals surface area contributed by atoms with E-state index in [4.69, 9.17) is 11.6 Å². The molecule has 5 heteroatoms. The molecule has 2 aromatic carbocycles. The first-order chi connectivity index (χ1) is 12.9. The van der Waals surface area contributed by atoms with Crippen LogP contribution < -0.4 is 5.32 Å². The molecular formula is C22H27ClN2O2. The van der Waals surface area contributed by atoms with Crippen LogP contribution >= 0.6 is 11.6 Å². The number of hydrogen-bond acceptors (Lipinski definition) is 2. The second-order valence-corrected chi connectivity index (χ2v) is 7.08. The fraction of sp³-hybridized carbons (Fsp3) is 0.364. The average Bonchev–Trinajstić information content (AvgIpc) is 2.64. The number of amides is 2. The van der Waals surface area contributed by atoms with Gasteiger partial charge in [-0.2, -0.15) is 0 Å². The van der Waals surface area contributed by atoms with E-state index in [2.05, 4.69) is 12.2 Å². The van der Waals surface area contributed by atoms with Gasteiger partial charge in [-0.05, 0) is 48.6 Å². The van der Waals surface area contributed by atoms with Crippen molar-refractivity contribution in [1.29, 1.82) is 0 Å². The van der Waals surface area contributed by atoms with Crippen molar-refractivity contribution < 1.29 is 9.59 Å². The molecule has 0 saturated carbocycles. The predicted molar refractivity (Wildman–Crippen MR) is 111 cm³/mol. The molecule has 0 radical (unpaired) electrons. The molecule has 2 aromatic rings. The van der Waals surface area contributed by atoms with E-state index in [1.54, 1.807) is 4.90 Å². The molecule has 0 heterocycles. The summed E-state index contributed by atoms with van der Waals surface area (Å²) < 4.78 is 0. The summed E-state index contributed by atoms with van der Waals surface area (Å²) in [7, 11) is 0. The first kappa shape index (κ1) is 21.0. The maximum absolute atomic E-state index is 12.4. The standard InChI is InChI=1S/C22H27ClN2O2/c1-4-19-7-5-6-16(2)22(19)24-21(27)13-15-25(17(3)26)14-12-18-8-10-20(23)11-9-18/h5-11H,4,12-15H2,1-3H3,(H,24,27). The number of benzene rings is 2. The van der Waals surface area contributed by atoms with Gasteiger partial charge in [0, 0.05) is 37.1 Å². The maximum atomic E-state index is 12.4. The van der Waals surface area contributed by atoms with E-state index in [0.29, 0.717) is 18.1 Å². The number of rotatable bonds is 8. The van der Waals surface area contributed by atoms with E-state index in [-0.39, 0.29) is 18.2 Å². The summed E-state index contributed by atoms with van der Waals surface area (Å²) in [6.07, 6.45) is 1.87. The second kappa shape index (κ2) is 10.1. The number of anilines is 1. The Morgan fingerprint density at radius 2 is 1.78 bits per heavy atom. The molecule has 0 spiro atoms. The monoisotopic (exact) mass is 386 g/mol. The number of nitrogens with one attached hydrogen (secondary N) is 1. The topological polar surface area (TPSA) is 49.4 Å². The summed E-state index contributed by atoms with van der Waals surface area (Å²) in [5.74, 6) is -0.0985. The van der Waals surface area contributed by atoms with Crippen LogP contribution in [0.15, 0.2) is 42.5 Å². The van der Waals surface area contributed by atoms with Crippen molar-refractivity contribution in [1.82, 2.24) is 4.90 Å². The third kappa shape index (κ3) is 6.40. The van der Waals surface area contributed by atoms with E-state index in [9.17, 15) is 9.59 Å². The highest BCUT2D eigenvalue weighted by atomic mass is 35.5. The zero-order valence-corrected chi connectivity index (χ0v) is 17.0. The minimum Gasteiger partial charge on any atom is -0.342 e. The Hall–Kier alpha value is -2.33. The number of halogens is 1. The van der Waals surface area contributed by atoms with Crippen LogP contribution in [0.4, 0.5) is 5.69 Å². The lowest BCUT2D eigenvalue weighted by atomic mass is 10.1. The summed E-state index contributed by atoms with van der Waals surface area (Å²) in [5.41, 5.74) is 4.17. The molecule has 2 rings (SSSR count). The number of aryl methyl sites for hydroxylation is 2. The predicted octanol–water partition coefficient (Wildman–Crippen LogP) is 4.63. The lowest BCUT2D eigenvalue weighted by Gasteiger charge is -2.21. The fourth-order valence-electron chi connectivity index (χ4n) is 2.98. The molecule has 0 aliphatic carbocycles. The molecule has 0 aromatic heterocycles. The van der Waals surface area contributed by atoms with E-state index < -0.39 is 0 Å². The van der Waals surface area contributed by atoms with Crippen LogP contribution in [0.5, 0.6) is 0 Å². The number of para-hydroxylation sites is 1. The number of carbonyl (C=O) groups excluding carboxylic acids is 2. The molecule has 0 aliphatic heterocycles. The Bertz CT molecular complexity index is 787. The van der Waals surface area contributed by atoms with Crippen LogP contribution in [0, 0.1) is 6.92 Å². The van der Waals surface area contributed by atoms with Crippen molar-refractivity contribution in [2.24, 2.45) is 0 Å². The van der Waals surface area contributed by atoms with Gasteiger partial charge in [-0.3, -0.25) is 9.59 Å². The summed E-state index contributed by atoms with van der Waals surface area (Å²) in [5, 5.41) is 3.71. The molecule has 27 heavy (non-hydrogen) atoms. The molecule has 2 amide bonds. The van der Waals surface area contributed by atoms with Gasteiger partial charge in [0.25, 0.3) is 0 Å². The van der Waals surface area contributed by atoms with Gasteiger partial charge in [0.05, 0.1) is 0 Å². The first-order valence-corrected chi connectivity index (χ1v) is 9.66. The van der Waals surface area contributed by atoms with Crippen LogP contribution in [-0.4, -0.2) is 29.8 Å². The van der Waals surface area contributed by atoms with Gasteiger partial charge in [-0.1, -0.05) is 48.9 Å². The molecule has 0 aliphatic rings. The summed E-state index contributed by atoms with van der Waals surface area (Å²) in [6.45, 7) is 6.58. The number of hydrogen-bond donors (Lipinski definition) is 1. The lowest BCUT2D eigenvalue weighted by molar-refractivity contribution is -0.129. The minimum absolute atomic E-state index is 0.0260. The highest BCUT2D eigenvalue weighted by Gasteiger charge is 2.13. The Morgan fingerprint density at radius 1 is 1.07 bits per heavy atom. The SMILES string of the molecule is CCc1cccc(C)c1NC(=O)CCN(CCc1ccc(Cl)cc1)C(C)=O. The first-order valence-electron chi connectivity index (χ1n) is 9.29. The van der Waals surface area contributed by atoms with Crippen LogP contribution in [0.2, 0.25) is 5.02 Å². The zero-order chi connectivity index (χ0) is 19.8. The largest absolute Gasteiger partial charge is 0.342 e. The molecule has 0 bridgehead atoms. The quantitative estimate of drug-likeness (QED) is 0.719. The van der Waals surface area contributed by atoms with Crippen molar-refractivity contribution in [3.05, 3.63) is 64.2 Å². The molecule has 0 fully saturated rings. The summed E-state index contributed by atoms with van der Waals surface area (Å²) >= 11 is 5.90. The van der Waals surface area contributed by atoms with Gasteiger partial charge in [-0.15, -0.1) is 0 Å². The lowest BCUT2D eigenvalue weighted by Crippen LogP contribution is -2.33. The van der Waals surface area contributed by atoms with Gasteiger partial charge in [0.2, 0.25) is 11.8 Å². The van der Waals surface area contributed by atoms with Crippen LogP contribution in [0.25, 0.3) is 0 Å². The van der Waals surface area contributed by atoms with Crippen molar-refractivity contribution in [3.63, 3.8) is 0 Å². The maximum Gasteiger partial charge on any atom is 0.226 e. The van der Waals surface area contributed by atoms with Gasteiger partial charge in [0.15, 0.2) is 0 Å². The molecule has 0 unspecified atom stereocenters. The van der Waals surface area contributed by atoms with Gasteiger partial charge < -0.3 is 10.2 Å². The van der Waals surface area contributed by atoms with E-state index in [1.807, 2.05) is 49.4 Å². The Morgan fingerprint density at radius 3 is 2.41 bits per heavy atom. The Balaban J connectivity index is 1.90. The average molecular weight is 387 g/mol. The van der Waals surface area contributed by atoms with Crippen LogP contribution in [0.3, 0.4) is 0 Å². The molecule has 144 valence electrons. The van der Waals surface area contributed by atoms with Gasteiger partial charge in [-0.25, -0.2) is 0 Å². The third-order valence-electron chi connectivity index (χ3n) is 4.64. The highest BCUT2D eigenvalue weighted by Crippen LogP contribution is 2.21. The third-order valence-corrected chi connectivity index (χ3v) is 4.89. The smallest absolute Gasteiger partial charge is 0.226 e. The Labute approximate surface area is 166 Å². The Kier molecular flexibility index (Phi) is 7.86. The zero-order valence-electron chi connectivity index (χ0n) is 16.2. The van der Waals surface area contributed by atoms with E-state index >= 15 is 0 Å². The molecule has 0 saturated heterocycles. The minimum atomic E-state index is -0.0725. The van der Waals surface area contributed by atoms with Gasteiger partial charge in [0.1, 0.15) is 0 Å². The van der Waals surface area contributed by atoms with Crippen LogP contribution in [-0.2, 0) is 22.4 Å². The van der Waals surface area contributed by atoms with E-state index in [0.717, 1.165) is 35.2 Å². The second-order valence-electron chi connectivity index (χ2n) is 6.64. The van der Waals surface area contributed by atoms with Gasteiger partial charge >= 0.3 is 0 Å².